The molecule has 0 aliphatic heterocycles. The second-order valence-corrected chi connectivity index (χ2v) is 3.31. The first-order valence-corrected chi connectivity index (χ1v) is 4.79. The van der Waals surface area contributed by atoms with Crippen molar-refractivity contribution < 1.29 is 4.79 Å². The molecule has 1 aliphatic carbocycles. The quantitative estimate of drug-likeness (QED) is 0.661. The third-order valence-corrected chi connectivity index (χ3v) is 2.21. The first kappa shape index (κ1) is 9.52. The van der Waals surface area contributed by atoms with Crippen molar-refractivity contribution in [3.8, 4) is 0 Å². The molecular weight excluding hydrogens is 152 g/mol. The fourth-order valence-electron chi connectivity index (χ4n) is 1.36. The summed E-state index contributed by atoms with van der Waals surface area (Å²) in [6, 6.07) is 0.545. The van der Waals surface area contributed by atoms with Crippen LogP contribution in [0.1, 0.15) is 32.6 Å². The molecule has 0 atom stereocenters. The van der Waals surface area contributed by atoms with Gasteiger partial charge in [-0.1, -0.05) is 6.92 Å². The monoisotopic (exact) mass is 170 g/mol. The highest BCUT2D eigenvalue weighted by atomic mass is 16.2. The van der Waals surface area contributed by atoms with Gasteiger partial charge in [0, 0.05) is 19.0 Å². The van der Waals surface area contributed by atoms with E-state index in [1.165, 1.54) is 12.8 Å². The first-order chi connectivity index (χ1) is 5.79. The highest BCUT2D eigenvalue weighted by Gasteiger charge is 2.30. The van der Waals surface area contributed by atoms with Crippen LogP contribution in [0.4, 0.5) is 0 Å². The van der Waals surface area contributed by atoms with Gasteiger partial charge in [0.05, 0.1) is 0 Å². The molecule has 0 bridgehead atoms. The Bertz CT molecular complexity index is 155. The topological polar surface area (TPSA) is 46.3 Å². The molecule has 3 nitrogen and oxygen atoms in total. The SMILES string of the molecule is CCC(=O)N(CCCN)C1CC1. The molecule has 1 rings (SSSR count). The Labute approximate surface area is 73.9 Å². The lowest BCUT2D eigenvalue weighted by atomic mass is 10.3. The Morgan fingerprint density at radius 1 is 1.58 bits per heavy atom. The van der Waals surface area contributed by atoms with Crippen LogP contribution in [0.5, 0.6) is 0 Å². The van der Waals surface area contributed by atoms with Crippen molar-refractivity contribution in [3.05, 3.63) is 0 Å². The number of nitrogens with two attached hydrogens (primary N) is 1. The summed E-state index contributed by atoms with van der Waals surface area (Å²) in [5, 5.41) is 0. The number of hydrogen-bond acceptors (Lipinski definition) is 2. The molecule has 0 aromatic rings. The largest absolute Gasteiger partial charge is 0.340 e. The first-order valence-electron chi connectivity index (χ1n) is 4.79. The summed E-state index contributed by atoms with van der Waals surface area (Å²) in [5.41, 5.74) is 5.40. The van der Waals surface area contributed by atoms with E-state index >= 15 is 0 Å². The fraction of sp³-hybridized carbons (Fsp3) is 0.889. The summed E-state index contributed by atoms with van der Waals surface area (Å²) in [5.74, 6) is 0.283. The van der Waals surface area contributed by atoms with Gasteiger partial charge in [0.2, 0.25) is 5.91 Å². The maximum absolute atomic E-state index is 11.4. The van der Waals surface area contributed by atoms with Gasteiger partial charge in [0.1, 0.15) is 0 Å². The predicted octanol–water partition coefficient (Wildman–Crippen LogP) is 0.736. The summed E-state index contributed by atoms with van der Waals surface area (Å²) in [6.45, 7) is 3.45. The molecule has 0 aromatic heterocycles. The van der Waals surface area contributed by atoms with Crippen molar-refractivity contribution in [1.82, 2.24) is 4.90 Å². The van der Waals surface area contributed by atoms with Gasteiger partial charge in [-0.15, -0.1) is 0 Å². The van der Waals surface area contributed by atoms with E-state index in [1.807, 2.05) is 11.8 Å². The molecule has 0 heterocycles. The lowest BCUT2D eigenvalue weighted by Gasteiger charge is -2.21. The summed E-state index contributed by atoms with van der Waals surface area (Å²) >= 11 is 0. The van der Waals surface area contributed by atoms with Crippen molar-refractivity contribution in [2.24, 2.45) is 5.73 Å². The Kier molecular flexibility index (Phi) is 3.53. The average Bonchev–Trinajstić information content (AvgIpc) is 2.88. The van der Waals surface area contributed by atoms with Crippen LogP contribution in [-0.4, -0.2) is 29.9 Å². The summed E-state index contributed by atoms with van der Waals surface area (Å²) in [4.78, 5) is 13.4. The lowest BCUT2D eigenvalue weighted by Crippen LogP contribution is -2.34. The second kappa shape index (κ2) is 4.45. The van der Waals surface area contributed by atoms with E-state index in [2.05, 4.69) is 0 Å². The van der Waals surface area contributed by atoms with Crippen molar-refractivity contribution in [1.29, 1.82) is 0 Å². The zero-order valence-corrected chi connectivity index (χ0v) is 7.75. The molecule has 2 N–H and O–H groups in total. The molecule has 1 aliphatic rings. The van der Waals surface area contributed by atoms with Crippen molar-refractivity contribution >= 4 is 5.91 Å². The number of nitrogens with zero attached hydrogens (tertiary/aromatic N) is 1. The van der Waals surface area contributed by atoms with Crippen LogP contribution in [0.25, 0.3) is 0 Å². The van der Waals surface area contributed by atoms with Gasteiger partial charge in [0.25, 0.3) is 0 Å². The van der Waals surface area contributed by atoms with Crippen LogP contribution < -0.4 is 5.73 Å². The van der Waals surface area contributed by atoms with Gasteiger partial charge in [0.15, 0.2) is 0 Å². The van der Waals surface area contributed by atoms with Crippen LogP contribution in [0, 0.1) is 0 Å². The summed E-state index contributed by atoms with van der Waals surface area (Å²) in [6.07, 6.45) is 3.94. The minimum Gasteiger partial charge on any atom is -0.340 e. The number of carbonyl (C=O) groups excluding carboxylic acids is 1. The Balaban J connectivity index is 2.32. The van der Waals surface area contributed by atoms with Gasteiger partial charge in [-0.3, -0.25) is 4.79 Å². The van der Waals surface area contributed by atoms with Crippen molar-refractivity contribution in [3.63, 3.8) is 0 Å². The molecule has 0 spiro atoms. The van der Waals surface area contributed by atoms with Crippen LogP contribution in [0.15, 0.2) is 0 Å². The molecule has 1 fully saturated rings. The minimum absolute atomic E-state index is 0.283. The molecule has 12 heavy (non-hydrogen) atoms. The highest BCUT2D eigenvalue weighted by molar-refractivity contribution is 5.76. The normalized spacial score (nSPS) is 16.2. The van der Waals surface area contributed by atoms with Crippen LogP contribution in [-0.2, 0) is 4.79 Å². The molecule has 0 aromatic carbocycles. The van der Waals surface area contributed by atoms with Crippen LogP contribution >= 0.6 is 0 Å². The molecule has 0 saturated heterocycles. The zero-order chi connectivity index (χ0) is 8.97. The van der Waals surface area contributed by atoms with E-state index < -0.39 is 0 Å². The number of amides is 1. The van der Waals surface area contributed by atoms with E-state index in [9.17, 15) is 4.79 Å². The van der Waals surface area contributed by atoms with E-state index in [0.717, 1.165) is 13.0 Å². The maximum Gasteiger partial charge on any atom is 0.222 e. The molecule has 70 valence electrons. The maximum atomic E-state index is 11.4. The number of hydrogen-bond donors (Lipinski definition) is 1. The standard InChI is InChI=1S/C9H18N2O/c1-2-9(12)11(7-3-6-10)8-4-5-8/h8H,2-7,10H2,1H3. The third-order valence-electron chi connectivity index (χ3n) is 2.21. The zero-order valence-electron chi connectivity index (χ0n) is 7.75. The van der Waals surface area contributed by atoms with Gasteiger partial charge in [-0.25, -0.2) is 0 Å². The second-order valence-electron chi connectivity index (χ2n) is 3.31. The summed E-state index contributed by atoms with van der Waals surface area (Å²) < 4.78 is 0. The molecule has 1 amide bonds. The number of carbonyl (C=O) groups is 1. The summed E-state index contributed by atoms with van der Waals surface area (Å²) in [7, 11) is 0. The van der Waals surface area contributed by atoms with Crippen LogP contribution in [0.2, 0.25) is 0 Å². The van der Waals surface area contributed by atoms with E-state index in [0.29, 0.717) is 19.0 Å². The Morgan fingerprint density at radius 3 is 2.67 bits per heavy atom. The van der Waals surface area contributed by atoms with Gasteiger partial charge >= 0.3 is 0 Å². The molecule has 0 unspecified atom stereocenters. The fourth-order valence-corrected chi connectivity index (χ4v) is 1.36. The van der Waals surface area contributed by atoms with Gasteiger partial charge < -0.3 is 10.6 Å². The minimum atomic E-state index is 0.283. The number of rotatable bonds is 5. The Hall–Kier alpha value is -0.570. The smallest absolute Gasteiger partial charge is 0.222 e. The molecule has 3 heteroatoms. The van der Waals surface area contributed by atoms with Gasteiger partial charge in [-0.05, 0) is 25.8 Å². The van der Waals surface area contributed by atoms with Crippen molar-refractivity contribution in [2.45, 2.75) is 38.6 Å². The molecule has 1 saturated carbocycles. The average molecular weight is 170 g/mol. The van der Waals surface area contributed by atoms with Crippen LogP contribution in [0.3, 0.4) is 0 Å². The lowest BCUT2D eigenvalue weighted by molar-refractivity contribution is -0.131. The highest BCUT2D eigenvalue weighted by Crippen LogP contribution is 2.27. The molecular formula is C9H18N2O. The third kappa shape index (κ3) is 2.48. The van der Waals surface area contributed by atoms with E-state index in [1.54, 1.807) is 0 Å². The Morgan fingerprint density at radius 2 is 2.25 bits per heavy atom. The van der Waals surface area contributed by atoms with E-state index in [-0.39, 0.29) is 5.91 Å². The van der Waals surface area contributed by atoms with Crippen molar-refractivity contribution in [2.75, 3.05) is 13.1 Å². The predicted molar refractivity (Wildman–Crippen MR) is 48.7 cm³/mol. The van der Waals surface area contributed by atoms with E-state index in [4.69, 9.17) is 5.73 Å². The molecule has 0 radical (unpaired) electrons. The van der Waals surface area contributed by atoms with Gasteiger partial charge in [-0.2, -0.15) is 0 Å².